The molecule has 2 heteroatoms. The average Bonchev–Trinajstić information content (AvgIpc) is 2.19. The Morgan fingerprint density at radius 2 is 2.00 bits per heavy atom. The highest BCUT2D eigenvalue weighted by Crippen LogP contribution is 2.36. The lowest BCUT2D eigenvalue weighted by molar-refractivity contribution is 0.144. The van der Waals surface area contributed by atoms with E-state index in [1.807, 2.05) is 26.0 Å². The molecule has 1 aliphatic carbocycles. The zero-order chi connectivity index (χ0) is 11.7. The van der Waals surface area contributed by atoms with Crippen LogP contribution in [0.3, 0.4) is 0 Å². The first-order valence-electron chi connectivity index (χ1n) is 5.74. The summed E-state index contributed by atoms with van der Waals surface area (Å²) in [7, 11) is 0. The van der Waals surface area contributed by atoms with E-state index in [9.17, 15) is 10.2 Å². The Balaban J connectivity index is 2.47. The van der Waals surface area contributed by atoms with Gasteiger partial charge in [-0.2, -0.15) is 0 Å². The third kappa shape index (κ3) is 1.98. The quantitative estimate of drug-likeness (QED) is 0.712. The fraction of sp³-hybridized carbons (Fsp3) is 0.429. The van der Waals surface area contributed by atoms with Gasteiger partial charge in [-0.1, -0.05) is 18.2 Å². The van der Waals surface area contributed by atoms with Crippen LogP contribution >= 0.6 is 0 Å². The third-order valence-electron chi connectivity index (χ3n) is 3.23. The van der Waals surface area contributed by atoms with E-state index >= 15 is 0 Å². The van der Waals surface area contributed by atoms with Gasteiger partial charge in [-0.3, -0.25) is 0 Å². The van der Waals surface area contributed by atoms with E-state index in [1.165, 1.54) is 0 Å². The number of phenols is 1. The molecule has 16 heavy (non-hydrogen) atoms. The van der Waals surface area contributed by atoms with Crippen LogP contribution in [0.4, 0.5) is 0 Å². The summed E-state index contributed by atoms with van der Waals surface area (Å²) in [6.45, 7) is 3.95. The Bertz CT molecular complexity index is 398. The van der Waals surface area contributed by atoms with Crippen molar-refractivity contribution in [3.05, 3.63) is 41.0 Å². The van der Waals surface area contributed by atoms with Crippen molar-refractivity contribution in [3.63, 3.8) is 0 Å². The van der Waals surface area contributed by atoms with Crippen molar-refractivity contribution in [2.75, 3.05) is 0 Å². The van der Waals surface area contributed by atoms with E-state index in [0.717, 1.165) is 29.5 Å². The lowest BCUT2D eigenvalue weighted by atomic mass is 9.83. The van der Waals surface area contributed by atoms with Crippen molar-refractivity contribution in [3.8, 4) is 5.75 Å². The number of hydrogen-bond donors (Lipinski definition) is 2. The summed E-state index contributed by atoms with van der Waals surface area (Å²) >= 11 is 0. The summed E-state index contributed by atoms with van der Waals surface area (Å²) < 4.78 is 0. The molecule has 0 amide bonds. The van der Waals surface area contributed by atoms with E-state index in [0.29, 0.717) is 5.75 Å². The average molecular weight is 218 g/mol. The Morgan fingerprint density at radius 3 is 2.62 bits per heavy atom. The van der Waals surface area contributed by atoms with Gasteiger partial charge in [0.1, 0.15) is 5.75 Å². The van der Waals surface area contributed by atoms with Gasteiger partial charge in [0.2, 0.25) is 0 Å². The summed E-state index contributed by atoms with van der Waals surface area (Å²) in [5.74, 6) is 0.238. The molecule has 1 aromatic rings. The highest BCUT2D eigenvalue weighted by atomic mass is 16.3. The van der Waals surface area contributed by atoms with Crippen molar-refractivity contribution < 1.29 is 10.2 Å². The van der Waals surface area contributed by atoms with Gasteiger partial charge in [0.25, 0.3) is 0 Å². The van der Waals surface area contributed by atoms with Crippen LogP contribution in [-0.2, 0) is 0 Å². The number of aryl methyl sites for hydroxylation is 2. The SMILES string of the molecule is Cc1cc(C)c([C@H]2C=CCC[C@@H]2O)c(O)c1. The smallest absolute Gasteiger partial charge is 0.119 e. The summed E-state index contributed by atoms with van der Waals surface area (Å²) in [4.78, 5) is 0. The number of aliphatic hydroxyl groups is 1. The molecule has 0 aromatic heterocycles. The molecule has 0 spiro atoms. The lowest BCUT2D eigenvalue weighted by Gasteiger charge is -2.25. The molecule has 86 valence electrons. The van der Waals surface area contributed by atoms with E-state index in [1.54, 1.807) is 6.07 Å². The Kier molecular flexibility index (Phi) is 3.01. The van der Waals surface area contributed by atoms with Crippen LogP contribution in [0.25, 0.3) is 0 Å². The Hall–Kier alpha value is -1.28. The maximum atomic E-state index is 10.00. The number of aliphatic hydroxyl groups excluding tert-OH is 1. The standard InChI is InChI=1S/C14H18O2/c1-9-7-10(2)14(13(16)8-9)11-5-3-4-6-12(11)15/h3,5,7-8,11-12,15-16H,4,6H2,1-2H3/t11-,12-/m0/s1. The molecular weight excluding hydrogens is 200 g/mol. The van der Waals surface area contributed by atoms with Crippen molar-refractivity contribution in [2.45, 2.75) is 38.7 Å². The van der Waals surface area contributed by atoms with E-state index in [4.69, 9.17) is 0 Å². The van der Waals surface area contributed by atoms with Gasteiger partial charge in [0.05, 0.1) is 6.10 Å². The van der Waals surface area contributed by atoms with Crippen LogP contribution in [0.1, 0.15) is 35.4 Å². The maximum absolute atomic E-state index is 10.00. The Morgan fingerprint density at radius 1 is 1.25 bits per heavy atom. The van der Waals surface area contributed by atoms with E-state index in [2.05, 4.69) is 6.08 Å². The number of phenolic OH excluding ortho intramolecular Hbond substituents is 1. The second-order valence-electron chi connectivity index (χ2n) is 4.61. The number of allylic oxidation sites excluding steroid dienone is 1. The molecule has 0 saturated heterocycles. The summed E-state index contributed by atoms with van der Waals surface area (Å²) in [5.41, 5.74) is 2.97. The zero-order valence-electron chi connectivity index (χ0n) is 9.77. The minimum Gasteiger partial charge on any atom is -0.508 e. The van der Waals surface area contributed by atoms with Crippen LogP contribution in [0.2, 0.25) is 0 Å². The summed E-state index contributed by atoms with van der Waals surface area (Å²) in [5, 5.41) is 20.0. The van der Waals surface area contributed by atoms with Crippen LogP contribution in [0, 0.1) is 13.8 Å². The lowest BCUT2D eigenvalue weighted by Crippen LogP contribution is -2.20. The van der Waals surface area contributed by atoms with E-state index < -0.39 is 0 Å². The third-order valence-corrected chi connectivity index (χ3v) is 3.23. The normalized spacial score (nSPS) is 24.7. The fourth-order valence-electron chi connectivity index (χ4n) is 2.50. The molecular formula is C14H18O2. The number of rotatable bonds is 1. The van der Waals surface area contributed by atoms with Crippen molar-refractivity contribution in [1.29, 1.82) is 0 Å². The summed E-state index contributed by atoms with van der Waals surface area (Å²) in [6.07, 6.45) is 5.40. The van der Waals surface area contributed by atoms with Crippen LogP contribution in [0.15, 0.2) is 24.3 Å². The predicted octanol–water partition coefficient (Wildman–Crippen LogP) is 2.80. The molecule has 0 saturated carbocycles. The molecule has 0 fully saturated rings. The topological polar surface area (TPSA) is 40.5 Å². The predicted molar refractivity (Wildman–Crippen MR) is 64.7 cm³/mol. The first-order valence-corrected chi connectivity index (χ1v) is 5.74. The van der Waals surface area contributed by atoms with Crippen LogP contribution in [-0.4, -0.2) is 16.3 Å². The second kappa shape index (κ2) is 4.30. The van der Waals surface area contributed by atoms with Gasteiger partial charge in [0.15, 0.2) is 0 Å². The van der Waals surface area contributed by atoms with Crippen molar-refractivity contribution in [2.24, 2.45) is 0 Å². The monoisotopic (exact) mass is 218 g/mol. The molecule has 1 aliphatic rings. The van der Waals surface area contributed by atoms with Gasteiger partial charge in [-0.05, 0) is 43.9 Å². The molecule has 1 aromatic carbocycles. The first kappa shape index (κ1) is 11.2. The van der Waals surface area contributed by atoms with Gasteiger partial charge in [0, 0.05) is 11.5 Å². The summed E-state index contributed by atoms with van der Waals surface area (Å²) in [6, 6.07) is 3.81. The molecule has 2 atom stereocenters. The highest BCUT2D eigenvalue weighted by Gasteiger charge is 2.24. The fourth-order valence-corrected chi connectivity index (χ4v) is 2.50. The molecule has 0 heterocycles. The van der Waals surface area contributed by atoms with Crippen molar-refractivity contribution in [1.82, 2.24) is 0 Å². The highest BCUT2D eigenvalue weighted by molar-refractivity contribution is 5.46. The maximum Gasteiger partial charge on any atom is 0.119 e. The second-order valence-corrected chi connectivity index (χ2v) is 4.61. The molecule has 0 unspecified atom stereocenters. The molecule has 2 nitrogen and oxygen atoms in total. The molecule has 2 rings (SSSR count). The molecule has 0 aliphatic heterocycles. The zero-order valence-corrected chi connectivity index (χ0v) is 9.77. The Labute approximate surface area is 96.2 Å². The largest absolute Gasteiger partial charge is 0.508 e. The molecule has 0 radical (unpaired) electrons. The first-order chi connectivity index (χ1) is 7.59. The molecule has 0 bridgehead atoms. The number of aromatic hydroxyl groups is 1. The number of benzene rings is 1. The van der Waals surface area contributed by atoms with Crippen LogP contribution in [0.5, 0.6) is 5.75 Å². The van der Waals surface area contributed by atoms with Gasteiger partial charge in [-0.15, -0.1) is 0 Å². The van der Waals surface area contributed by atoms with E-state index in [-0.39, 0.29) is 12.0 Å². The minimum absolute atomic E-state index is 0.0608. The van der Waals surface area contributed by atoms with Crippen molar-refractivity contribution >= 4 is 0 Å². The molecule has 2 N–H and O–H groups in total. The van der Waals surface area contributed by atoms with Gasteiger partial charge in [-0.25, -0.2) is 0 Å². The van der Waals surface area contributed by atoms with Crippen LogP contribution < -0.4 is 0 Å². The number of hydrogen-bond acceptors (Lipinski definition) is 2. The van der Waals surface area contributed by atoms with Gasteiger partial charge < -0.3 is 10.2 Å². The van der Waals surface area contributed by atoms with Gasteiger partial charge >= 0.3 is 0 Å². The minimum atomic E-state index is -0.377.